The molecule has 6 nitrogen and oxygen atoms in total. The van der Waals surface area contributed by atoms with Crippen molar-refractivity contribution in [2.75, 3.05) is 26.7 Å². The van der Waals surface area contributed by atoms with Crippen molar-refractivity contribution in [1.29, 1.82) is 5.26 Å². The predicted octanol–water partition coefficient (Wildman–Crippen LogP) is 1.69. The summed E-state index contributed by atoms with van der Waals surface area (Å²) < 4.78 is 0. The summed E-state index contributed by atoms with van der Waals surface area (Å²) in [5.74, 6) is 0.384. The molecule has 1 fully saturated rings. The van der Waals surface area contributed by atoms with Crippen LogP contribution in [-0.4, -0.2) is 48.4 Å². The lowest BCUT2D eigenvalue weighted by molar-refractivity contribution is -0.133. The van der Waals surface area contributed by atoms with E-state index in [-0.39, 0.29) is 17.9 Å². The van der Waals surface area contributed by atoms with Crippen LogP contribution in [-0.2, 0) is 24.2 Å². The fourth-order valence-corrected chi connectivity index (χ4v) is 3.64. The van der Waals surface area contributed by atoms with E-state index in [0.717, 1.165) is 30.5 Å². The van der Waals surface area contributed by atoms with Gasteiger partial charge in [-0.2, -0.15) is 5.26 Å². The highest BCUT2D eigenvalue weighted by Gasteiger charge is 2.26. The summed E-state index contributed by atoms with van der Waals surface area (Å²) in [5.41, 5.74) is 3.42. The van der Waals surface area contributed by atoms with Gasteiger partial charge in [0.1, 0.15) is 0 Å². The third-order valence-electron chi connectivity index (χ3n) is 5.22. The van der Waals surface area contributed by atoms with Gasteiger partial charge in [-0.25, -0.2) is 4.79 Å². The monoisotopic (exact) mass is 340 g/mol. The summed E-state index contributed by atoms with van der Waals surface area (Å²) in [6.45, 7) is 2.55. The number of hydrogen-bond acceptors (Lipinski definition) is 3. The van der Waals surface area contributed by atoms with Crippen LogP contribution in [0.2, 0.25) is 0 Å². The first kappa shape index (κ1) is 17.3. The number of hydrogen-bond donors (Lipinski definition) is 1. The van der Waals surface area contributed by atoms with E-state index < -0.39 is 0 Å². The van der Waals surface area contributed by atoms with E-state index in [2.05, 4.69) is 11.4 Å². The van der Waals surface area contributed by atoms with E-state index >= 15 is 0 Å². The first-order chi connectivity index (χ1) is 12.1. The Morgan fingerprint density at radius 2 is 2.24 bits per heavy atom. The van der Waals surface area contributed by atoms with E-state index in [4.69, 9.17) is 5.26 Å². The molecule has 0 aromatic heterocycles. The second-order valence-electron chi connectivity index (χ2n) is 6.92. The standard InChI is InChI=1S/C19H24N4O2/c1-22-9-6-14(11-18(22)24)12-21-19(25)23-10-7-17-15(5-8-20)3-2-4-16(17)13-23/h2-4,14H,5-7,9-13H2,1H3,(H,21,25). The van der Waals surface area contributed by atoms with E-state index in [0.29, 0.717) is 32.5 Å². The second-order valence-corrected chi connectivity index (χ2v) is 6.92. The zero-order valence-electron chi connectivity index (χ0n) is 14.6. The number of piperidine rings is 1. The minimum atomic E-state index is -0.0669. The molecule has 2 heterocycles. The summed E-state index contributed by atoms with van der Waals surface area (Å²) in [6.07, 6.45) is 2.65. The minimum absolute atomic E-state index is 0.0669. The van der Waals surface area contributed by atoms with Crippen molar-refractivity contribution in [2.45, 2.75) is 32.2 Å². The van der Waals surface area contributed by atoms with Crippen molar-refractivity contribution in [3.05, 3.63) is 34.9 Å². The Hall–Kier alpha value is -2.55. The van der Waals surface area contributed by atoms with E-state index in [1.54, 1.807) is 4.90 Å². The lowest BCUT2D eigenvalue weighted by Crippen LogP contribution is -2.46. The van der Waals surface area contributed by atoms with Gasteiger partial charge in [0.25, 0.3) is 0 Å². The summed E-state index contributed by atoms with van der Waals surface area (Å²) in [4.78, 5) is 27.8. The topological polar surface area (TPSA) is 76.4 Å². The Bertz CT molecular complexity index is 710. The average molecular weight is 340 g/mol. The van der Waals surface area contributed by atoms with Gasteiger partial charge in [0.2, 0.25) is 5.91 Å². The number of nitriles is 1. The van der Waals surface area contributed by atoms with Crippen LogP contribution in [0.3, 0.4) is 0 Å². The van der Waals surface area contributed by atoms with Crippen LogP contribution in [0.15, 0.2) is 18.2 Å². The molecular weight excluding hydrogens is 316 g/mol. The normalized spacial score (nSPS) is 20.0. The fourth-order valence-electron chi connectivity index (χ4n) is 3.64. The number of rotatable bonds is 3. The van der Waals surface area contributed by atoms with Gasteiger partial charge >= 0.3 is 6.03 Å². The molecule has 3 rings (SSSR count). The molecule has 1 unspecified atom stereocenters. The quantitative estimate of drug-likeness (QED) is 0.910. The molecule has 0 radical (unpaired) electrons. The van der Waals surface area contributed by atoms with Crippen molar-refractivity contribution in [3.8, 4) is 6.07 Å². The number of benzene rings is 1. The molecule has 3 amide bonds. The number of carbonyl (C=O) groups excluding carboxylic acids is 2. The molecule has 0 bridgehead atoms. The van der Waals surface area contributed by atoms with Crippen molar-refractivity contribution in [2.24, 2.45) is 5.92 Å². The molecule has 0 saturated carbocycles. The van der Waals surface area contributed by atoms with Gasteiger partial charge < -0.3 is 15.1 Å². The van der Waals surface area contributed by atoms with Gasteiger partial charge in [0.15, 0.2) is 0 Å². The number of amides is 3. The summed E-state index contributed by atoms with van der Waals surface area (Å²) in [7, 11) is 1.82. The molecule has 132 valence electrons. The zero-order chi connectivity index (χ0) is 17.8. The van der Waals surface area contributed by atoms with Crippen molar-refractivity contribution in [1.82, 2.24) is 15.1 Å². The smallest absolute Gasteiger partial charge is 0.317 e. The third kappa shape index (κ3) is 3.93. The SMILES string of the molecule is CN1CCC(CNC(=O)N2CCc3c(CC#N)cccc3C2)CC1=O. The highest BCUT2D eigenvalue weighted by Crippen LogP contribution is 2.23. The predicted molar refractivity (Wildman–Crippen MR) is 93.6 cm³/mol. The lowest BCUT2D eigenvalue weighted by atomic mass is 9.93. The van der Waals surface area contributed by atoms with E-state index in [1.165, 1.54) is 5.56 Å². The highest BCUT2D eigenvalue weighted by molar-refractivity contribution is 5.77. The zero-order valence-corrected chi connectivity index (χ0v) is 14.6. The molecule has 6 heteroatoms. The summed E-state index contributed by atoms with van der Waals surface area (Å²) in [5, 5.41) is 11.9. The number of carbonyl (C=O) groups is 2. The van der Waals surface area contributed by atoms with Gasteiger partial charge in [0, 0.05) is 39.6 Å². The third-order valence-corrected chi connectivity index (χ3v) is 5.22. The van der Waals surface area contributed by atoms with Crippen LogP contribution in [0.25, 0.3) is 0 Å². The van der Waals surface area contributed by atoms with E-state index in [9.17, 15) is 9.59 Å². The minimum Gasteiger partial charge on any atom is -0.346 e. The number of nitrogens with zero attached hydrogens (tertiary/aromatic N) is 3. The molecule has 1 aromatic rings. The molecule has 25 heavy (non-hydrogen) atoms. The molecule has 2 aliphatic heterocycles. The summed E-state index contributed by atoms with van der Waals surface area (Å²) in [6, 6.07) is 8.12. The van der Waals surface area contributed by atoms with Gasteiger partial charge in [-0.3, -0.25) is 4.79 Å². The van der Waals surface area contributed by atoms with Crippen LogP contribution in [0.1, 0.15) is 29.5 Å². The Morgan fingerprint density at radius 3 is 3.00 bits per heavy atom. The van der Waals surface area contributed by atoms with Gasteiger partial charge in [-0.1, -0.05) is 18.2 Å². The maximum atomic E-state index is 12.5. The van der Waals surface area contributed by atoms with Crippen LogP contribution >= 0.6 is 0 Å². The Morgan fingerprint density at radius 1 is 1.40 bits per heavy atom. The number of urea groups is 1. The van der Waals surface area contributed by atoms with Crippen LogP contribution < -0.4 is 5.32 Å². The van der Waals surface area contributed by atoms with Gasteiger partial charge in [-0.15, -0.1) is 0 Å². The van der Waals surface area contributed by atoms with Gasteiger partial charge in [0.05, 0.1) is 12.5 Å². The average Bonchev–Trinajstić information content (AvgIpc) is 2.62. The molecule has 0 aliphatic carbocycles. The highest BCUT2D eigenvalue weighted by atomic mass is 16.2. The molecule has 1 N–H and O–H groups in total. The Balaban J connectivity index is 1.55. The molecular formula is C19H24N4O2. The number of nitrogens with one attached hydrogen (secondary N) is 1. The Kier molecular flexibility index (Phi) is 5.22. The second kappa shape index (κ2) is 7.56. The number of fused-ring (bicyclic) bond motifs is 1. The van der Waals surface area contributed by atoms with Crippen LogP contribution in [0.4, 0.5) is 4.79 Å². The fraction of sp³-hybridized carbons (Fsp3) is 0.526. The van der Waals surface area contributed by atoms with Crippen molar-refractivity contribution >= 4 is 11.9 Å². The molecule has 1 aromatic carbocycles. The molecule has 2 aliphatic rings. The molecule has 1 saturated heterocycles. The first-order valence-corrected chi connectivity index (χ1v) is 8.82. The first-order valence-electron chi connectivity index (χ1n) is 8.82. The Labute approximate surface area is 148 Å². The van der Waals surface area contributed by atoms with Crippen LogP contribution in [0, 0.1) is 17.2 Å². The van der Waals surface area contributed by atoms with Gasteiger partial charge in [-0.05, 0) is 35.4 Å². The molecule has 1 atom stereocenters. The number of likely N-dealkylation sites (tertiary alicyclic amines) is 1. The maximum absolute atomic E-state index is 12.5. The lowest BCUT2D eigenvalue weighted by Gasteiger charge is -2.32. The van der Waals surface area contributed by atoms with Crippen molar-refractivity contribution in [3.63, 3.8) is 0 Å². The maximum Gasteiger partial charge on any atom is 0.317 e. The largest absolute Gasteiger partial charge is 0.346 e. The molecule has 0 spiro atoms. The van der Waals surface area contributed by atoms with E-state index in [1.807, 2.05) is 30.1 Å². The van der Waals surface area contributed by atoms with Crippen LogP contribution in [0.5, 0.6) is 0 Å². The summed E-state index contributed by atoms with van der Waals surface area (Å²) >= 11 is 0. The van der Waals surface area contributed by atoms with Crippen molar-refractivity contribution < 1.29 is 9.59 Å².